The van der Waals surface area contributed by atoms with Crippen molar-refractivity contribution in [1.29, 1.82) is 0 Å². The molecule has 0 heterocycles. The number of hydrogen-bond donors (Lipinski definition) is 3. The molecule has 0 saturated heterocycles. The van der Waals surface area contributed by atoms with Gasteiger partial charge in [0.1, 0.15) is 5.41 Å². The molecule has 0 aromatic carbocycles. The van der Waals surface area contributed by atoms with Gasteiger partial charge in [-0.15, -0.1) is 0 Å². The summed E-state index contributed by atoms with van der Waals surface area (Å²) in [5.74, 6) is 1.36. The molecule has 1 unspecified atom stereocenters. The van der Waals surface area contributed by atoms with Crippen molar-refractivity contribution < 1.29 is 10.0 Å². The largest absolute Gasteiger partial charge is 0.409 e. The Morgan fingerprint density at radius 1 is 1.69 bits per heavy atom. The lowest BCUT2D eigenvalue weighted by atomic mass is 10.0. The van der Waals surface area contributed by atoms with Crippen molar-refractivity contribution >= 4 is 23.5 Å². The first-order chi connectivity index (χ1) is 7.56. The van der Waals surface area contributed by atoms with E-state index in [4.69, 9.17) is 10.9 Å². The minimum Gasteiger partial charge on any atom is -0.409 e. The van der Waals surface area contributed by atoms with Crippen LogP contribution >= 0.6 is 11.8 Å². The number of oxime groups is 1. The summed E-state index contributed by atoms with van der Waals surface area (Å²) in [6.45, 7) is 2.72. The highest BCUT2D eigenvalue weighted by molar-refractivity contribution is 7.98. The van der Waals surface area contributed by atoms with Crippen LogP contribution < -0.4 is 11.1 Å². The molecule has 1 rings (SSSR count). The first-order valence-electron chi connectivity index (χ1n) is 5.32. The maximum atomic E-state index is 11.8. The van der Waals surface area contributed by atoms with E-state index in [1.165, 1.54) is 0 Å². The molecule has 0 spiro atoms. The minimum atomic E-state index is -0.728. The second kappa shape index (κ2) is 5.43. The van der Waals surface area contributed by atoms with Gasteiger partial charge in [-0.2, -0.15) is 11.8 Å². The van der Waals surface area contributed by atoms with Gasteiger partial charge in [0.2, 0.25) is 5.91 Å². The summed E-state index contributed by atoms with van der Waals surface area (Å²) in [7, 11) is 0. The van der Waals surface area contributed by atoms with Crippen molar-refractivity contribution in [3.8, 4) is 0 Å². The summed E-state index contributed by atoms with van der Waals surface area (Å²) in [4.78, 5) is 11.8. The van der Waals surface area contributed by atoms with Gasteiger partial charge in [-0.05, 0) is 30.8 Å². The molecule has 5 nitrogen and oxygen atoms in total. The van der Waals surface area contributed by atoms with Crippen molar-refractivity contribution in [2.45, 2.75) is 19.8 Å². The molecule has 1 atom stereocenters. The van der Waals surface area contributed by atoms with Gasteiger partial charge in [-0.25, -0.2) is 0 Å². The Balaban J connectivity index is 2.42. The number of rotatable bonds is 6. The van der Waals surface area contributed by atoms with Gasteiger partial charge < -0.3 is 16.3 Å². The third-order valence-electron chi connectivity index (χ3n) is 2.84. The monoisotopic (exact) mass is 245 g/mol. The molecule has 6 heteroatoms. The number of amidine groups is 1. The maximum Gasteiger partial charge on any atom is 0.233 e. The summed E-state index contributed by atoms with van der Waals surface area (Å²) in [6.07, 6.45) is 3.38. The molecule has 0 aliphatic heterocycles. The number of thioether (sulfide) groups is 1. The lowest BCUT2D eigenvalue weighted by molar-refractivity contribution is -0.124. The van der Waals surface area contributed by atoms with Crippen molar-refractivity contribution in [3.05, 3.63) is 0 Å². The van der Waals surface area contributed by atoms with Crippen LogP contribution in [0.2, 0.25) is 0 Å². The zero-order valence-corrected chi connectivity index (χ0v) is 10.5. The van der Waals surface area contributed by atoms with Crippen LogP contribution in [0.15, 0.2) is 5.16 Å². The van der Waals surface area contributed by atoms with Crippen molar-refractivity contribution in [2.75, 3.05) is 18.6 Å². The van der Waals surface area contributed by atoms with Crippen LogP contribution in [-0.2, 0) is 4.79 Å². The molecule has 4 N–H and O–H groups in total. The summed E-state index contributed by atoms with van der Waals surface area (Å²) in [6, 6.07) is 0. The first-order valence-corrected chi connectivity index (χ1v) is 6.71. The van der Waals surface area contributed by atoms with Gasteiger partial charge in [0, 0.05) is 6.54 Å². The predicted molar refractivity (Wildman–Crippen MR) is 65.6 cm³/mol. The van der Waals surface area contributed by atoms with Gasteiger partial charge in [0.05, 0.1) is 0 Å². The summed E-state index contributed by atoms with van der Waals surface area (Å²) in [5, 5.41) is 14.4. The zero-order valence-electron chi connectivity index (χ0n) is 9.69. The van der Waals surface area contributed by atoms with Gasteiger partial charge >= 0.3 is 0 Å². The van der Waals surface area contributed by atoms with Gasteiger partial charge in [-0.1, -0.05) is 12.1 Å². The molecule has 0 bridgehead atoms. The Labute approximate surface area is 99.8 Å². The molecule has 1 saturated carbocycles. The SMILES string of the molecule is CSCC(C)CNC(=O)C1(C(N)=NO)CC1. The number of nitrogens with one attached hydrogen (secondary N) is 1. The molecule has 1 fully saturated rings. The Morgan fingerprint density at radius 3 is 2.75 bits per heavy atom. The fraction of sp³-hybridized carbons (Fsp3) is 0.800. The molecule has 1 aliphatic rings. The second-order valence-electron chi connectivity index (χ2n) is 4.34. The average Bonchev–Trinajstić information content (AvgIpc) is 3.06. The van der Waals surface area contributed by atoms with E-state index < -0.39 is 5.41 Å². The minimum absolute atomic E-state index is 0.0301. The van der Waals surface area contributed by atoms with Gasteiger partial charge in [0.25, 0.3) is 0 Å². The molecule has 0 radical (unpaired) electrons. The lowest BCUT2D eigenvalue weighted by Gasteiger charge is -2.16. The van der Waals surface area contributed by atoms with E-state index in [0.29, 0.717) is 25.3 Å². The Morgan fingerprint density at radius 2 is 2.31 bits per heavy atom. The summed E-state index contributed by atoms with van der Waals surface area (Å²) < 4.78 is 0. The van der Waals surface area contributed by atoms with E-state index in [0.717, 1.165) is 5.75 Å². The average molecular weight is 245 g/mol. The molecule has 1 amide bonds. The van der Waals surface area contributed by atoms with E-state index in [1.807, 2.05) is 6.26 Å². The molecule has 92 valence electrons. The summed E-state index contributed by atoms with van der Waals surface area (Å²) >= 11 is 1.76. The number of hydrogen-bond acceptors (Lipinski definition) is 4. The number of nitrogens with zero attached hydrogens (tertiary/aromatic N) is 1. The van der Waals surface area contributed by atoms with E-state index in [1.54, 1.807) is 11.8 Å². The number of amides is 1. The normalized spacial score (nSPS) is 20.2. The third kappa shape index (κ3) is 2.81. The molecule has 1 aliphatic carbocycles. The van der Waals surface area contributed by atoms with Crippen LogP contribution in [0.1, 0.15) is 19.8 Å². The van der Waals surface area contributed by atoms with Gasteiger partial charge in [-0.3, -0.25) is 4.79 Å². The smallest absolute Gasteiger partial charge is 0.233 e. The van der Waals surface area contributed by atoms with Crippen molar-refractivity contribution in [2.24, 2.45) is 22.2 Å². The van der Waals surface area contributed by atoms with E-state index in [-0.39, 0.29) is 11.7 Å². The zero-order chi connectivity index (χ0) is 12.2. The molecular formula is C10H19N3O2S. The highest BCUT2D eigenvalue weighted by Gasteiger charge is 2.54. The predicted octanol–water partition coefficient (Wildman–Crippen LogP) is 0.628. The summed E-state index contributed by atoms with van der Waals surface area (Å²) in [5.41, 5.74) is 4.79. The van der Waals surface area contributed by atoms with Crippen LogP contribution in [0, 0.1) is 11.3 Å². The molecule has 0 aromatic rings. The van der Waals surface area contributed by atoms with Crippen LogP contribution in [0.5, 0.6) is 0 Å². The lowest BCUT2D eigenvalue weighted by Crippen LogP contribution is -2.42. The second-order valence-corrected chi connectivity index (χ2v) is 5.25. The highest BCUT2D eigenvalue weighted by Crippen LogP contribution is 2.46. The number of carbonyl (C=O) groups excluding carboxylic acids is 1. The van der Waals surface area contributed by atoms with Crippen molar-refractivity contribution in [1.82, 2.24) is 5.32 Å². The van der Waals surface area contributed by atoms with Crippen LogP contribution in [0.25, 0.3) is 0 Å². The molecule has 16 heavy (non-hydrogen) atoms. The quantitative estimate of drug-likeness (QED) is 0.277. The Hall–Kier alpha value is -0.910. The standard InChI is InChI=1S/C10H19N3O2S/c1-7(6-16-2)5-12-9(14)10(3-4-10)8(11)13-15/h7,15H,3-6H2,1-2H3,(H2,11,13)(H,12,14). The van der Waals surface area contributed by atoms with E-state index in [2.05, 4.69) is 17.4 Å². The maximum absolute atomic E-state index is 11.8. The van der Waals surface area contributed by atoms with Crippen molar-refractivity contribution in [3.63, 3.8) is 0 Å². The molecular weight excluding hydrogens is 226 g/mol. The fourth-order valence-corrected chi connectivity index (χ4v) is 2.29. The molecule has 0 aromatic heterocycles. The number of carbonyl (C=O) groups is 1. The van der Waals surface area contributed by atoms with E-state index in [9.17, 15) is 4.79 Å². The highest BCUT2D eigenvalue weighted by atomic mass is 32.2. The van der Waals surface area contributed by atoms with Crippen LogP contribution in [0.3, 0.4) is 0 Å². The van der Waals surface area contributed by atoms with Crippen LogP contribution in [-0.4, -0.2) is 35.5 Å². The third-order valence-corrected chi connectivity index (χ3v) is 3.75. The first kappa shape index (κ1) is 13.2. The fourth-order valence-electron chi connectivity index (χ4n) is 1.60. The Bertz CT molecular complexity index is 290. The topological polar surface area (TPSA) is 87.7 Å². The Kier molecular flexibility index (Phi) is 4.46. The van der Waals surface area contributed by atoms with E-state index >= 15 is 0 Å². The number of nitrogens with two attached hydrogens (primary N) is 1. The van der Waals surface area contributed by atoms with Gasteiger partial charge in [0.15, 0.2) is 5.84 Å². The van der Waals surface area contributed by atoms with Crippen LogP contribution in [0.4, 0.5) is 0 Å².